The van der Waals surface area contributed by atoms with Crippen LogP contribution in [-0.2, 0) is 19.1 Å². The molecule has 0 unspecified atom stereocenters. The molecule has 0 aromatic carbocycles. The Balaban J connectivity index is 2.05. The van der Waals surface area contributed by atoms with Crippen molar-refractivity contribution in [2.24, 2.45) is 17.3 Å². The third kappa shape index (κ3) is 3.53. The number of ether oxygens (including phenoxy) is 2. The smallest absolute Gasteiger partial charge is 0.333 e. The maximum Gasteiger partial charge on any atom is 0.333 e. The van der Waals surface area contributed by atoms with Crippen LogP contribution in [-0.4, -0.2) is 23.8 Å². The number of hydrogen-bond donors (Lipinski definition) is 0. The van der Waals surface area contributed by atoms with Crippen LogP contribution >= 0.6 is 0 Å². The number of carbonyl (C=O) groups excluding carboxylic acids is 3. The quantitative estimate of drug-likeness (QED) is 0.516. The van der Waals surface area contributed by atoms with Crippen molar-refractivity contribution in [1.29, 1.82) is 0 Å². The number of furan rings is 1. The van der Waals surface area contributed by atoms with Gasteiger partial charge in [0, 0.05) is 34.5 Å². The van der Waals surface area contributed by atoms with Crippen molar-refractivity contribution in [2.45, 2.75) is 66.6 Å². The van der Waals surface area contributed by atoms with E-state index in [1.165, 1.54) is 12.3 Å². The Kier molecular flexibility index (Phi) is 5.81. The van der Waals surface area contributed by atoms with Crippen LogP contribution in [0.25, 0.3) is 0 Å². The summed E-state index contributed by atoms with van der Waals surface area (Å²) >= 11 is 0. The second kappa shape index (κ2) is 7.89. The van der Waals surface area contributed by atoms with Gasteiger partial charge in [-0.15, -0.1) is 0 Å². The number of fused-ring (bicyclic) bond motifs is 2. The highest BCUT2D eigenvalue weighted by Gasteiger charge is 2.61. The molecule has 1 heterocycles. The summed E-state index contributed by atoms with van der Waals surface area (Å²) in [5, 5.41) is 0. The molecule has 0 amide bonds. The topological polar surface area (TPSA) is 82.8 Å². The molecule has 0 bridgehead atoms. The van der Waals surface area contributed by atoms with Crippen LogP contribution in [0.15, 0.2) is 34.5 Å². The van der Waals surface area contributed by atoms with E-state index >= 15 is 0 Å². The predicted molar refractivity (Wildman–Crippen MR) is 111 cm³/mol. The lowest BCUT2D eigenvalue weighted by molar-refractivity contribution is -0.177. The first kappa shape index (κ1) is 22.1. The molecule has 1 aromatic heterocycles. The largest absolute Gasteiger partial charge is 0.461 e. The van der Waals surface area contributed by atoms with E-state index in [0.29, 0.717) is 18.4 Å². The third-order valence-electron chi connectivity index (χ3n) is 6.67. The average Bonchev–Trinajstić information content (AvgIpc) is 3.03. The van der Waals surface area contributed by atoms with Crippen LogP contribution in [0.5, 0.6) is 0 Å². The molecular weight excluding hydrogens is 384 g/mol. The first-order valence-corrected chi connectivity index (χ1v) is 10.3. The second-order valence-corrected chi connectivity index (χ2v) is 9.07. The van der Waals surface area contributed by atoms with Gasteiger partial charge in [0.1, 0.15) is 12.2 Å². The molecule has 3 rings (SSSR count). The van der Waals surface area contributed by atoms with Gasteiger partial charge in [0.05, 0.1) is 6.26 Å². The maximum absolute atomic E-state index is 13.3. The summed E-state index contributed by atoms with van der Waals surface area (Å²) in [7, 11) is 0. The maximum atomic E-state index is 13.3. The predicted octanol–water partition coefficient (Wildman–Crippen LogP) is 4.88. The fraction of sp³-hybridized carbons (Fsp3) is 0.542. The Bertz CT molecular complexity index is 931. The first-order valence-electron chi connectivity index (χ1n) is 10.3. The van der Waals surface area contributed by atoms with Gasteiger partial charge >= 0.3 is 11.9 Å². The molecule has 0 N–H and O–H groups in total. The summed E-state index contributed by atoms with van der Waals surface area (Å²) < 4.78 is 17.3. The minimum atomic E-state index is -0.752. The van der Waals surface area contributed by atoms with Crippen molar-refractivity contribution in [3.63, 3.8) is 0 Å². The van der Waals surface area contributed by atoms with Crippen molar-refractivity contribution in [2.75, 3.05) is 0 Å². The van der Waals surface area contributed by atoms with E-state index in [1.807, 2.05) is 34.6 Å². The lowest BCUT2D eigenvalue weighted by atomic mass is 9.53. The molecule has 6 nitrogen and oxygen atoms in total. The highest BCUT2D eigenvalue weighted by molar-refractivity contribution is 5.99. The Hall–Kier alpha value is -2.63. The molecule has 0 saturated heterocycles. The normalized spacial score (nSPS) is 30.0. The van der Waals surface area contributed by atoms with Crippen molar-refractivity contribution >= 4 is 17.7 Å². The molecule has 0 aliphatic heterocycles. The van der Waals surface area contributed by atoms with Gasteiger partial charge in [0.25, 0.3) is 0 Å². The number of rotatable bonds is 4. The highest BCUT2D eigenvalue weighted by atomic mass is 16.6. The molecule has 2 aliphatic carbocycles. The van der Waals surface area contributed by atoms with Crippen LogP contribution in [0.4, 0.5) is 0 Å². The molecule has 5 atom stereocenters. The number of Topliss-reactive ketones (excluding diaryl/α,β-unsaturated/α-hetero) is 1. The molecule has 1 fully saturated rings. The number of aryl methyl sites for hydroxylation is 1. The zero-order chi connectivity index (χ0) is 22.4. The van der Waals surface area contributed by atoms with Gasteiger partial charge in [-0.3, -0.25) is 4.79 Å². The summed E-state index contributed by atoms with van der Waals surface area (Å²) in [6, 6.07) is 0. The van der Waals surface area contributed by atoms with Crippen molar-refractivity contribution < 1.29 is 28.3 Å². The lowest BCUT2D eigenvalue weighted by Crippen LogP contribution is -2.55. The fourth-order valence-electron chi connectivity index (χ4n) is 4.86. The number of esters is 2. The molecule has 1 aromatic rings. The van der Waals surface area contributed by atoms with E-state index in [4.69, 9.17) is 13.9 Å². The molecule has 0 radical (unpaired) electrons. The van der Waals surface area contributed by atoms with E-state index in [9.17, 15) is 14.4 Å². The number of carbonyl (C=O) groups is 3. The molecule has 6 heteroatoms. The zero-order valence-electron chi connectivity index (χ0n) is 18.5. The van der Waals surface area contributed by atoms with Gasteiger partial charge < -0.3 is 13.9 Å². The number of allylic oxidation sites excluding steroid dienone is 1. The SMILES string of the molecule is C=C(C)C(=O)O[C@@H]1c2c(C)coc2C(=O)[C@H]2CC[C@H](OC(=O)C=C(C)C)[C@H](C)[C@]21C. The summed E-state index contributed by atoms with van der Waals surface area (Å²) in [6.07, 6.45) is 2.99. The van der Waals surface area contributed by atoms with Crippen LogP contribution in [0, 0.1) is 24.2 Å². The lowest BCUT2D eigenvalue weighted by Gasteiger charge is -2.53. The van der Waals surface area contributed by atoms with Crippen LogP contribution in [0.2, 0.25) is 0 Å². The zero-order valence-corrected chi connectivity index (χ0v) is 18.5. The summed E-state index contributed by atoms with van der Waals surface area (Å²) in [5.74, 6) is -1.35. The van der Waals surface area contributed by atoms with Crippen LogP contribution in [0.1, 0.15) is 75.2 Å². The van der Waals surface area contributed by atoms with Crippen molar-refractivity contribution in [1.82, 2.24) is 0 Å². The molecule has 2 aliphatic rings. The van der Waals surface area contributed by atoms with Gasteiger partial charge in [-0.2, -0.15) is 0 Å². The summed E-state index contributed by atoms with van der Waals surface area (Å²) in [5.41, 5.74) is 1.75. The van der Waals surface area contributed by atoms with Crippen LogP contribution < -0.4 is 0 Å². The molecule has 30 heavy (non-hydrogen) atoms. The van der Waals surface area contributed by atoms with Crippen LogP contribution in [0.3, 0.4) is 0 Å². The Morgan fingerprint density at radius 2 is 1.90 bits per heavy atom. The van der Waals surface area contributed by atoms with E-state index in [2.05, 4.69) is 6.58 Å². The third-order valence-corrected chi connectivity index (χ3v) is 6.67. The molecule has 0 spiro atoms. The van der Waals surface area contributed by atoms with Gasteiger partial charge in [0.2, 0.25) is 5.78 Å². The van der Waals surface area contributed by atoms with E-state index in [0.717, 1.165) is 11.1 Å². The van der Waals surface area contributed by atoms with E-state index in [1.54, 1.807) is 6.92 Å². The number of hydrogen-bond acceptors (Lipinski definition) is 6. The van der Waals surface area contributed by atoms with E-state index in [-0.39, 0.29) is 29.1 Å². The fourth-order valence-corrected chi connectivity index (χ4v) is 4.86. The molecular formula is C24H30O6. The van der Waals surface area contributed by atoms with Gasteiger partial charge in [-0.25, -0.2) is 9.59 Å². The van der Waals surface area contributed by atoms with Crippen molar-refractivity contribution in [3.8, 4) is 0 Å². The van der Waals surface area contributed by atoms with Gasteiger partial charge in [-0.05, 0) is 46.1 Å². The first-order chi connectivity index (χ1) is 14.0. The monoisotopic (exact) mass is 414 g/mol. The standard InChI is InChI=1S/C24H30O6/c1-12(2)10-18(25)29-17-9-8-16-20(26)21-19(14(5)11-28-21)22(24(16,7)15(17)6)30-23(27)13(3)4/h10-11,15-17,22H,3,8-9H2,1-2,4-7H3/t15-,16+,17-,22+,24+/m0/s1. The second-order valence-electron chi connectivity index (χ2n) is 9.07. The summed E-state index contributed by atoms with van der Waals surface area (Å²) in [4.78, 5) is 38.1. The van der Waals surface area contributed by atoms with Gasteiger partial charge in [-0.1, -0.05) is 26.0 Å². The molecule has 1 saturated carbocycles. The van der Waals surface area contributed by atoms with Crippen molar-refractivity contribution in [3.05, 3.63) is 47.0 Å². The minimum absolute atomic E-state index is 0.0795. The Labute approximate surface area is 177 Å². The van der Waals surface area contributed by atoms with Gasteiger partial charge in [0.15, 0.2) is 5.76 Å². The van der Waals surface area contributed by atoms with E-state index < -0.39 is 29.4 Å². The Morgan fingerprint density at radius 3 is 2.50 bits per heavy atom. The Morgan fingerprint density at radius 1 is 1.23 bits per heavy atom. The number of ketones is 1. The molecule has 162 valence electrons. The minimum Gasteiger partial charge on any atom is -0.461 e. The average molecular weight is 414 g/mol. The highest BCUT2D eigenvalue weighted by Crippen LogP contribution is 2.60. The summed E-state index contributed by atoms with van der Waals surface area (Å²) in [6.45, 7) is 14.7.